The summed E-state index contributed by atoms with van der Waals surface area (Å²) >= 11 is 0. The lowest BCUT2D eigenvalue weighted by Crippen LogP contribution is -2.39. The Morgan fingerprint density at radius 3 is 3.00 bits per heavy atom. The van der Waals surface area contributed by atoms with E-state index in [4.69, 9.17) is 6.42 Å². The van der Waals surface area contributed by atoms with Crippen LogP contribution >= 0.6 is 0 Å². The van der Waals surface area contributed by atoms with Gasteiger partial charge in [0.2, 0.25) is 0 Å². The molecule has 15 heavy (non-hydrogen) atoms. The van der Waals surface area contributed by atoms with Gasteiger partial charge in [-0.15, -0.1) is 6.42 Å². The van der Waals surface area contributed by atoms with Crippen LogP contribution in [0.2, 0.25) is 0 Å². The van der Waals surface area contributed by atoms with E-state index >= 15 is 0 Å². The largest absolute Gasteiger partial charge is 0.305 e. The minimum Gasteiger partial charge on any atom is -0.305 e. The third kappa shape index (κ3) is 4.68. The highest BCUT2D eigenvalue weighted by atomic mass is 15.2. The van der Waals surface area contributed by atoms with Crippen LogP contribution in [0.4, 0.5) is 0 Å². The van der Waals surface area contributed by atoms with Crippen molar-refractivity contribution in [2.24, 2.45) is 0 Å². The van der Waals surface area contributed by atoms with Crippen LogP contribution in [0.15, 0.2) is 0 Å². The zero-order valence-corrected chi connectivity index (χ0v) is 9.97. The summed E-state index contributed by atoms with van der Waals surface area (Å²) in [6, 6.07) is 0.806. The number of hydrogen-bond donors (Lipinski definition) is 1. The molecule has 1 N–H and O–H groups in total. The van der Waals surface area contributed by atoms with Gasteiger partial charge in [-0.2, -0.15) is 0 Å². The number of nitrogens with zero attached hydrogens (tertiary/aromatic N) is 1. The van der Waals surface area contributed by atoms with Crippen LogP contribution in [0, 0.1) is 12.3 Å². The molecule has 0 saturated carbocycles. The van der Waals surface area contributed by atoms with Gasteiger partial charge in [0.1, 0.15) is 0 Å². The summed E-state index contributed by atoms with van der Waals surface area (Å²) in [7, 11) is 0. The highest BCUT2D eigenvalue weighted by Gasteiger charge is 2.18. The third-order valence-corrected chi connectivity index (χ3v) is 3.27. The van der Waals surface area contributed by atoms with Gasteiger partial charge in [0.15, 0.2) is 0 Å². The summed E-state index contributed by atoms with van der Waals surface area (Å²) in [6.45, 7) is 6.46. The Morgan fingerprint density at radius 1 is 1.40 bits per heavy atom. The fourth-order valence-electron chi connectivity index (χ4n) is 2.38. The molecule has 0 aromatic heterocycles. The van der Waals surface area contributed by atoms with E-state index in [0.29, 0.717) is 6.54 Å². The average molecular weight is 208 g/mol. The summed E-state index contributed by atoms with van der Waals surface area (Å²) in [4.78, 5) is 2.64. The summed E-state index contributed by atoms with van der Waals surface area (Å²) in [5.74, 6) is 2.61. The van der Waals surface area contributed by atoms with E-state index in [0.717, 1.165) is 19.1 Å². The molecular formula is C13H24N2. The fraction of sp³-hybridized carbons (Fsp3) is 0.846. The molecule has 1 heterocycles. The number of hydrogen-bond acceptors (Lipinski definition) is 2. The maximum atomic E-state index is 5.20. The van der Waals surface area contributed by atoms with Crippen LogP contribution in [0.25, 0.3) is 0 Å². The van der Waals surface area contributed by atoms with Crippen LogP contribution in [-0.4, -0.2) is 37.1 Å². The van der Waals surface area contributed by atoms with Gasteiger partial charge in [-0.1, -0.05) is 25.7 Å². The van der Waals surface area contributed by atoms with E-state index in [2.05, 4.69) is 23.1 Å². The molecule has 1 fully saturated rings. The Hall–Kier alpha value is -0.520. The standard InChI is InChI=1S/C13H24N2/c1-3-9-14-10-12-15-11-7-5-6-8-13(15)4-2/h1,13-14H,4-12H2,2H3. The zero-order valence-electron chi connectivity index (χ0n) is 9.97. The molecule has 0 aromatic rings. The minimum absolute atomic E-state index is 0.699. The monoisotopic (exact) mass is 208 g/mol. The van der Waals surface area contributed by atoms with E-state index in [1.807, 2.05) is 0 Å². The lowest BCUT2D eigenvalue weighted by Gasteiger charge is -2.29. The van der Waals surface area contributed by atoms with Gasteiger partial charge in [-0.3, -0.25) is 4.90 Å². The molecule has 0 aromatic carbocycles. The second kappa shape index (κ2) is 7.73. The van der Waals surface area contributed by atoms with Gasteiger partial charge < -0.3 is 5.32 Å². The summed E-state index contributed by atoms with van der Waals surface area (Å²) in [5.41, 5.74) is 0. The van der Waals surface area contributed by atoms with Gasteiger partial charge in [0.25, 0.3) is 0 Å². The maximum absolute atomic E-state index is 5.20. The molecule has 0 radical (unpaired) electrons. The Kier molecular flexibility index (Phi) is 6.47. The summed E-state index contributed by atoms with van der Waals surface area (Å²) < 4.78 is 0. The van der Waals surface area contributed by atoms with Crippen molar-refractivity contribution >= 4 is 0 Å². The van der Waals surface area contributed by atoms with Crippen molar-refractivity contribution in [3.8, 4) is 12.3 Å². The minimum atomic E-state index is 0.699. The lowest BCUT2D eigenvalue weighted by atomic mass is 10.1. The maximum Gasteiger partial charge on any atom is 0.0574 e. The molecule has 1 atom stereocenters. The highest BCUT2D eigenvalue weighted by Crippen LogP contribution is 2.18. The normalized spacial score (nSPS) is 23.3. The molecule has 1 unspecified atom stereocenters. The average Bonchev–Trinajstić information content (AvgIpc) is 2.49. The molecule has 0 spiro atoms. The first kappa shape index (κ1) is 12.5. The Balaban J connectivity index is 2.25. The first-order valence-corrected chi connectivity index (χ1v) is 6.26. The quantitative estimate of drug-likeness (QED) is 0.548. The van der Waals surface area contributed by atoms with Crippen LogP contribution in [0.1, 0.15) is 39.0 Å². The van der Waals surface area contributed by atoms with Gasteiger partial charge in [0.05, 0.1) is 6.54 Å². The third-order valence-electron chi connectivity index (χ3n) is 3.27. The highest BCUT2D eigenvalue weighted by molar-refractivity contribution is 4.86. The van der Waals surface area contributed by atoms with E-state index in [1.54, 1.807) is 0 Å². The zero-order chi connectivity index (χ0) is 10.9. The van der Waals surface area contributed by atoms with Gasteiger partial charge in [-0.05, 0) is 25.8 Å². The Bertz CT molecular complexity index is 195. The summed E-state index contributed by atoms with van der Waals surface area (Å²) in [6.07, 6.45) is 12.1. The molecule has 1 rings (SSSR count). The van der Waals surface area contributed by atoms with Gasteiger partial charge in [0, 0.05) is 19.1 Å². The van der Waals surface area contributed by atoms with Crippen LogP contribution in [0.3, 0.4) is 0 Å². The molecule has 1 saturated heterocycles. The van der Waals surface area contributed by atoms with Gasteiger partial charge in [-0.25, -0.2) is 0 Å². The molecular weight excluding hydrogens is 184 g/mol. The van der Waals surface area contributed by atoms with Gasteiger partial charge >= 0.3 is 0 Å². The van der Waals surface area contributed by atoms with E-state index in [-0.39, 0.29) is 0 Å². The molecule has 86 valence electrons. The molecule has 2 heteroatoms. The Labute approximate surface area is 94.4 Å². The van der Waals surface area contributed by atoms with Crippen molar-refractivity contribution in [1.82, 2.24) is 10.2 Å². The lowest BCUT2D eigenvalue weighted by molar-refractivity contribution is 0.196. The Morgan fingerprint density at radius 2 is 2.27 bits per heavy atom. The summed E-state index contributed by atoms with van der Waals surface area (Å²) in [5, 5.41) is 3.27. The van der Waals surface area contributed by atoms with Crippen molar-refractivity contribution in [2.75, 3.05) is 26.2 Å². The van der Waals surface area contributed by atoms with Crippen molar-refractivity contribution < 1.29 is 0 Å². The smallest absolute Gasteiger partial charge is 0.0574 e. The predicted molar refractivity (Wildman–Crippen MR) is 65.8 cm³/mol. The van der Waals surface area contributed by atoms with Crippen molar-refractivity contribution in [1.29, 1.82) is 0 Å². The molecule has 1 aliphatic heterocycles. The SMILES string of the molecule is C#CCNCCN1CCCCCC1CC. The second-order valence-corrected chi connectivity index (χ2v) is 4.33. The molecule has 2 nitrogen and oxygen atoms in total. The van der Waals surface area contributed by atoms with Crippen LogP contribution in [0.5, 0.6) is 0 Å². The fourth-order valence-corrected chi connectivity index (χ4v) is 2.38. The van der Waals surface area contributed by atoms with E-state index < -0.39 is 0 Å². The second-order valence-electron chi connectivity index (χ2n) is 4.33. The first-order valence-electron chi connectivity index (χ1n) is 6.26. The van der Waals surface area contributed by atoms with Crippen molar-refractivity contribution in [2.45, 2.75) is 45.1 Å². The number of likely N-dealkylation sites (tertiary alicyclic amines) is 1. The van der Waals surface area contributed by atoms with Crippen molar-refractivity contribution in [3.63, 3.8) is 0 Å². The molecule has 1 aliphatic rings. The number of terminal acetylenes is 1. The first-order chi connectivity index (χ1) is 7.38. The number of rotatable bonds is 5. The number of nitrogens with one attached hydrogen (secondary N) is 1. The van der Waals surface area contributed by atoms with E-state index in [1.165, 1.54) is 38.6 Å². The van der Waals surface area contributed by atoms with Crippen LogP contribution < -0.4 is 5.32 Å². The predicted octanol–water partition coefficient (Wildman–Crippen LogP) is 1.86. The van der Waals surface area contributed by atoms with Crippen LogP contribution in [-0.2, 0) is 0 Å². The topological polar surface area (TPSA) is 15.3 Å². The molecule has 0 bridgehead atoms. The van der Waals surface area contributed by atoms with Crippen molar-refractivity contribution in [3.05, 3.63) is 0 Å². The molecule has 0 aliphatic carbocycles. The van der Waals surface area contributed by atoms with E-state index in [9.17, 15) is 0 Å². The molecule has 0 amide bonds.